The second-order valence-corrected chi connectivity index (χ2v) is 5.39. The Balaban J connectivity index is 1.80. The van der Waals surface area contributed by atoms with E-state index in [4.69, 9.17) is 4.74 Å². The number of ether oxygens (including phenoxy) is 1. The van der Waals surface area contributed by atoms with E-state index in [9.17, 15) is 0 Å². The molecule has 19 heavy (non-hydrogen) atoms. The summed E-state index contributed by atoms with van der Waals surface area (Å²) in [7, 11) is 0. The van der Waals surface area contributed by atoms with Crippen molar-refractivity contribution in [3.8, 4) is 0 Å². The molecule has 0 spiro atoms. The van der Waals surface area contributed by atoms with E-state index in [1.807, 2.05) is 18.2 Å². The highest BCUT2D eigenvalue weighted by molar-refractivity contribution is 5.22. The van der Waals surface area contributed by atoms with Crippen LogP contribution in [0.25, 0.3) is 0 Å². The fourth-order valence-electron chi connectivity index (χ4n) is 2.10. The predicted octanol–water partition coefficient (Wildman–Crippen LogP) is 4.60. The molecule has 2 aromatic carbocycles. The van der Waals surface area contributed by atoms with Crippen molar-refractivity contribution < 1.29 is 4.74 Å². The van der Waals surface area contributed by atoms with Crippen LogP contribution in [0.15, 0.2) is 54.6 Å². The Labute approximate surface area is 116 Å². The van der Waals surface area contributed by atoms with Crippen LogP contribution in [-0.4, -0.2) is 0 Å². The smallest absolute Gasteiger partial charge is 0.0721 e. The Morgan fingerprint density at radius 3 is 1.84 bits per heavy atom. The molecule has 1 heteroatoms. The summed E-state index contributed by atoms with van der Waals surface area (Å²) in [4.78, 5) is 0. The minimum atomic E-state index is 0.675. The Kier molecular flexibility index (Phi) is 5.17. The fraction of sp³-hybridized carbons (Fsp3) is 0.333. The minimum absolute atomic E-state index is 0.675. The molecule has 0 saturated heterocycles. The van der Waals surface area contributed by atoms with Crippen molar-refractivity contribution in [2.45, 2.75) is 33.5 Å². The van der Waals surface area contributed by atoms with Crippen LogP contribution in [0.2, 0.25) is 0 Å². The summed E-state index contributed by atoms with van der Waals surface area (Å²) in [6, 6.07) is 19.0. The molecule has 0 aromatic heterocycles. The summed E-state index contributed by atoms with van der Waals surface area (Å²) in [5, 5.41) is 0. The number of benzene rings is 2. The zero-order chi connectivity index (χ0) is 13.5. The zero-order valence-electron chi connectivity index (χ0n) is 11.8. The van der Waals surface area contributed by atoms with Crippen LogP contribution in [0.5, 0.6) is 0 Å². The van der Waals surface area contributed by atoms with E-state index in [0.29, 0.717) is 19.1 Å². The highest BCUT2D eigenvalue weighted by Crippen LogP contribution is 2.11. The quantitative estimate of drug-likeness (QED) is 0.732. The van der Waals surface area contributed by atoms with E-state index in [1.165, 1.54) is 16.7 Å². The van der Waals surface area contributed by atoms with Gasteiger partial charge in [0.1, 0.15) is 0 Å². The van der Waals surface area contributed by atoms with Gasteiger partial charge in [0.2, 0.25) is 0 Å². The Bertz CT molecular complexity index is 471. The molecule has 0 N–H and O–H groups in total. The van der Waals surface area contributed by atoms with Crippen LogP contribution < -0.4 is 0 Å². The predicted molar refractivity (Wildman–Crippen MR) is 79.9 cm³/mol. The summed E-state index contributed by atoms with van der Waals surface area (Å²) in [6.45, 7) is 5.85. The van der Waals surface area contributed by atoms with E-state index < -0.39 is 0 Å². The molecule has 0 unspecified atom stereocenters. The number of hydrogen-bond donors (Lipinski definition) is 0. The third-order valence-corrected chi connectivity index (χ3v) is 3.05. The summed E-state index contributed by atoms with van der Waals surface area (Å²) >= 11 is 0. The molecule has 0 aliphatic heterocycles. The molecule has 0 heterocycles. The van der Waals surface area contributed by atoms with Gasteiger partial charge in [-0.3, -0.25) is 0 Å². The van der Waals surface area contributed by atoms with Crippen molar-refractivity contribution in [1.82, 2.24) is 0 Å². The van der Waals surface area contributed by atoms with E-state index in [-0.39, 0.29) is 0 Å². The van der Waals surface area contributed by atoms with Crippen LogP contribution in [0.4, 0.5) is 0 Å². The molecule has 100 valence electrons. The molecule has 0 aliphatic carbocycles. The van der Waals surface area contributed by atoms with Gasteiger partial charge >= 0.3 is 0 Å². The highest BCUT2D eigenvalue weighted by atomic mass is 16.5. The van der Waals surface area contributed by atoms with E-state index >= 15 is 0 Å². The maximum absolute atomic E-state index is 5.73. The van der Waals surface area contributed by atoms with Gasteiger partial charge in [-0.2, -0.15) is 0 Å². The minimum Gasteiger partial charge on any atom is -0.372 e. The second kappa shape index (κ2) is 7.10. The third-order valence-electron chi connectivity index (χ3n) is 3.05. The number of rotatable bonds is 6. The van der Waals surface area contributed by atoms with Gasteiger partial charge < -0.3 is 4.74 Å². The third kappa shape index (κ3) is 4.88. The van der Waals surface area contributed by atoms with Crippen molar-refractivity contribution in [2.75, 3.05) is 0 Å². The summed E-state index contributed by atoms with van der Waals surface area (Å²) in [5.74, 6) is 0.709. The first-order chi connectivity index (χ1) is 9.24. The fourth-order valence-corrected chi connectivity index (χ4v) is 2.10. The van der Waals surface area contributed by atoms with Crippen LogP contribution in [0.1, 0.15) is 30.5 Å². The zero-order valence-corrected chi connectivity index (χ0v) is 11.8. The molecular weight excluding hydrogens is 232 g/mol. The molecule has 0 aliphatic rings. The van der Waals surface area contributed by atoms with Gasteiger partial charge in [-0.05, 0) is 29.0 Å². The SMILES string of the molecule is CC(C)Cc1ccc(COCc2ccccc2)cc1. The Morgan fingerprint density at radius 2 is 1.26 bits per heavy atom. The molecule has 0 atom stereocenters. The summed E-state index contributed by atoms with van der Waals surface area (Å²) in [6.07, 6.45) is 1.14. The molecule has 0 amide bonds. The lowest BCUT2D eigenvalue weighted by molar-refractivity contribution is 0.107. The topological polar surface area (TPSA) is 9.23 Å². The Morgan fingerprint density at radius 1 is 0.737 bits per heavy atom. The lowest BCUT2D eigenvalue weighted by Gasteiger charge is -2.07. The summed E-state index contributed by atoms with van der Waals surface area (Å²) < 4.78 is 5.73. The van der Waals surface area contributed by atoms with Crippen molar-refractivity contribution in [3.63, 3.8) is 0 Å². The van der Waals surface area contributed by atoms with Crippen molar-refractivity contribution in [2.24, 2.45) is 5.92 Å². The maximum atomic E-state index is 5.73. The van der Waals surface area contributed by atoms with Crippen LogP contribution in [0.3, 0.4) is 0 Å². The molecule has 0 bridgehead atoms. The average molecular weight is 254 g/mol. The van der Waals surface area contributed by atoms with Gasteiger partial charge in [-0.1, -0.05) is 68.4 Å². The number of hydrogen-bond acceptors (Lipinski definition) is 1. The lowest BCUT2D eigenvalue weighted by atomic mass is 10.0. The first-order valence-electron chi connectivity index (χ1n) is 6.93. The highest BCUT2D eigenvalue weighted by Gasteiger charge is 1.99. The molecule has 0 saturated carbocycles. The van der Waals surface area contributed by atoms with Crippen LogP contribution in [0, 0.1) is 5.92 Å². The molecule has 2 rings (SSSR count). The van der Waals surface area contributed by atoms with Gasteiger partial charge in [-0.15, -0.1) is 0 Å². The molecule has 2 aromatic rings. The largest absolute Gasteiger partial charge is 0.372 e. The van der Waals surface area contributed by atoms with E-state index in [2.05, 4.69) is 50.2 Å². The van der Waals surface area contributed by atoms with Gasteiger partial charge in [0.05, 0.1) is 13.2 Å². The molecule has 0 radical (unpaired) electrons. The first-order valence-corrected chi connectivity index (χ1v) is 6.93. The lowest BCUT2D eigenvalue weighted by Crippen LogP contribution is -1.96. The molecule has 1 nitrogen and oxygen atoms in total. The van der Waals surface area contributed by atoms with Crippen LogP contribution in [-0.2, 0) is 24.4 Å². The van der Waals surface area contributed by atoms with Gasteiger partial charge in [0.25, 0.3) is 0 Å². The second-order valence-electron chi connectivity index (χ2n) is 5.39. The Hall–Kier alpha value is -1.60. The maximum Gasteiger partial charge on any atom is 0.0721 e. The van der Waals surface area contributed by atoms with Gasteiger partial charge in [-0.25, -0.2) is 0 Å². The standard InChI is InChI=1S/C18H22O/c1-15(2)12-16-8-10-18(11-9-16)14-19-13-17-6-4-3-5-7-17/h3-11,15H,12-14H2,1-2H3. The first kappa shape index (κ1) is 13.8. The molecule has 0 fully saturated rings. The normalized spacial score (nSPS) is 10.9. The van der Waals surface area contributed by atoms with E-state index in [1.54, 1.807) is 0 Å². The van der Waals surface area contributed by atoms with E-state index in [0.717, 1.165) is 6.42 Å². The van der Waals surface area contributed by atoms with Crippen molar-refractivity contribution in [1.29, 1.82) is 0 Å². The van der Waals surface area contributed by atoms with Gasteiger partial charge in [0, 0.05) is 0 Å². The van der Waals surface area contributed by atoms with Crippen molar-refractivity contribution in [3.05, 3.63) is 71.3 Å². The van der Waals surface area contributed by atoms with Gasteiger partial charge in [0.15, 0.2) is 0 Å². The average Bonchev–Trinajstić information content (AvgIpc) is 2.41. The molecular formula is C18H22O. The monoisotopic (exact) mass is 254 g/mol. The van der Waals surface area contributed by atoms with Crippen molar-refractivity contribution >= 4 is 0 Å². The van der Waals surface area contributed by atoms with Crippen LogP contribution >= 0.6 is 0 Å². The summed E-state index contributed by atoms with van der Waals surface area (Å²) in [5.41, 5.74) is 3.86.